The molecule has 0 fully saturated rings. The lowest BCUT2D eigenvalue weighted by atomic mass is 10.2. The fourth-order valence-corrected chi connectivity index (χ4v) is 2.39. The summed E-state index contributed by atoms with van der Waals surface area (Å²) in [5.74, 6) is 0. The SMILES string of the molecule is O=[N+]([O-])c1cccc(Cn2cnc3c(Cl)nc(Cl)nc32)c1. The second-order valence-corrected chi connectivity index (χ2v) is 4.95. The van der Waals surface area contributed by atoms with Crippen LogP contribution in [-0.4, -0.2) is 24.4 Å². The number of rotatable bonds is 3. The number of fused-ring (bicyclic) bond motifs is 1. The van der Waals surface area contributed by atoms with Crippen LogP contribution in [-0.2, 0) is 6.54 Å². The first-order valence-electron chi connectivity index (χ1n) is 5.82. The highest BCUT2D eigenvalue weighted by Gasteiger charge is 2.12. The van der Waals surface area contributed by atoms with Crippen molar-refractivity contribution < 1.29 is 4.92 Å². The molecule has 0 unspecified atom stereocenters. The summed E-state index contributed by atoms with van der Waals surface area (Å²) in [6, 6.07) is 6.34. The molecule has 9 heteroatoms. The molecule has 0 atom stereocenters. The maximum atomic E-state index is 10.8. The molecule has 0 aliphatic rings. The molecule has 2 heterocycles. The zero-order valence-corrected chi connectivity index (χ0v) is 11.9. The second kappa shape index (κ2) is 5.27. The summed E-state index contributed by atoms with van der Waals surface area (Å²) in [7, 11) is 0. The topological polar surface area (TPSA) is 86.7 Å². The van der Waals surface area contributed by atoms with Crippen molar-refractivity contribution in [1.29, 1.82) is 0 Å². The molecule has 0 radical (unpaired) electrons. The molecule has 0 saturated carbocycles. The van der Waals surface area contributed by atoms with Crippen molar-refractivity contribution in [2.45, 2.75) is 6.54 Å². The van der Waals surface area contributed by atoms with Gasteiger partial charge in [-0.05, 0) is 17.2 Å². The Morgan fingerprint density at radius 1 is 1.29 bits per heavy atom. The van der Waals surface area contributed by atoms with Gasteiger partial charge in [-0.1, -0.05) is 23.7 Å². The molecule has 0 N–H and O–H groups in total. The standard InChI is InChI=1S/C12H7Cl2N5O2/c13-10-9-11(17-12(14)16-10)18(6-15-9)5-7-2-1-3-8(4-7)19(20)21/h1-4,6H,5H2. The van der Waals surface area contributed by atoms with Crippen LogP contribution in [0.5, 0.6) is 0 Å². The molecule has 7 nitrogen and oxygen atoms in total. The van der Waals surface area contributed by atoms with Crippen LogP contribution in [0.4, 0.5) is 5.69 Å². The van der Waals surface area contributed by atoms with Crippen LogP contribution in [0, 0.1) is 10.1 Å². The Bertz CT molecular complexity index is 849. The van der Waals surface area contributed by atoms with Crippen LogP contribution < -0.4 is 0 Å². The van der Waals surface area contributed by atoms with Crippen molar-refractivity contribution in [3.05, 3.63) is 56.7 Å². The van der Waals surface area contributed by atoms with Gasteiger partial charge in [0, 0.05) is 12.1 Å². The Balaban J connectivity index is 2.02. The van der Waals surface area contributed by atoms with E-state index in [1.165, 1.54) is 12.1 Å². The van der Waals surface area contributed by atoms with E-state index in [9.17, 15) is 10.1 Å². The molecular weight excluding hydrogens is 317 g/mol. The summed E-state index contributed by atoms with van der Waals surface area (Å²) in [4.78, 5) is 22.4. The monoisotopic (exact) mass is 323 g/mol. The van der Waals surface area contributed by atoms with Gasteiger partial charge in [-0.15, -0.1) is 0 Å². The number of benzene rings is 1. The summed E-state index contributed by atoms with van der Waals surface area (Å²) in [6.45, 7) is 0.363. The Morgan fingerprint density at radius 3 is 2.86 bits per heavy atom. The summed E-state index contributed by atoms with van der Waals surface area (Å²) in [5, 5.41) is 11.0. The number of hydrogen-bond donors (Lipinski definition) is 0. The predicted octanol–water partition coefficient (Wildman–Crippen LogP) is 3.09. The number of aromatic nitrogens is 4. The van der Waals surface area contributed by atoms with E-state index in [4.69, 9.17) is 23.2 Å². The van der Waals surface area contributed by atoms with Crippen molar-refractivity contribution in [3.63, 3.8) is 0 Å². The quantitative estimate of drug-likeness (QED) is 0.320. The fraction of sp³-hybridized carbons (Fsp3) is 0.0833. The van der Waals surface area contributed by atoms with Gasteiger partial charge in [0.05, 0.1) is 17.8 Å². The third kappa shape index (κ3) is 2.65. The highest BCUT2D eigenvalue weighted by molar-refractivity contribution is 6.35. The predicted molar refractivity (Wildman–Crippen MR) is 77.5 cm³/mol. The molecule has 1 aromatic carbocycles. The first kappa shape index (κ1) is 13.7. The smallest absolute Gasteiger partial charge is 0.269 e. The average Bonchev–Trinajstić information content (AvgIpc) is 2.82. The number of non-ortho nitro benzene ring substituents is 1. The van der Waals surface area contributed by atoms with E-state index in [2.05, 4.69) is 15.0 Å². The van der Waals surface area contributed by atoms with Crippen LogP contribution in [0.2, 0.25) is 10.4 Å². The normalized spacial score (nSPS) is 11.0. The Morgan fingerprint density at radius 2 is 2.10 bits per heavy atom. The van der Waals surface area contributed by atoms with Crippen LogP contribution >= 0.6 is 23.2 Å². The van der Waals surface area contributed by atoms with Crippen LogP contribution in [0.25, 0.3) is 11.2 Å². The maximum absolute atomic E-state index is 10.8. The van der Waals surface area contributed by atoms with E-state index in [1.807, 2.05) is 0 Å². The molecule has 0 bridgehead atoms. The van der Waals surface area contributed by atoms with E-state index in [0.29, 0.717) is 17.7 Å². The molecule has 106 valence electrons. The van der Waals surface area contributed by atoms with E-state index in [-0.39, 0.29) is 16.1 Å². The molecule has 2 aromatic heterocycles. The largest absolute Gasteiger partial charge is 0.311 e. The molecule has 0 aliphatic heterocycles. The summed E-state index contributed by atoms with van der Waals surface area (Å²) in [6.07, 6.45) is 1.54. The van der Waals surface area contributed by atoms with Crippen LogP contribution in [0.15, 0.2) is 30.6 Å². The van der Waals surface area contributed by atoms with E-state index >= 15 is 0 Å². The Labute approximate surface area is 128 Å². The minimum Gasteiger partial charge on any atom is -0.311 e. The minimum absolute atomic E-state index is 0.0216. The summed E-state index contributed by atoms with van der Waals surface area (Å²) >= 11 is 11.7. The summed E-state index contributed by atoms with van der Waals surface area (Å²) in [5.41, 5.74) is 1.69. The van der Waals surface area contributed by atoms with Crippen molar-refractivity contribution >= 4 is 40.1 Å². The summed E-state index contributed by atoms with van der Waals surface area (Å²) < 4.78 is 1.70. The molecule has 0 saturated heterocycles. The van der Waals surface area contributed by atoms with Crippen molar-refractivity contribution in [3.8, 4) is 0 Å². The first-order valence-corrected chi connectivity index (χ1v) is 6.57. The van der Waals surface area contributed by atoms with Gasteiger partial charge in [0.15, 0.2) is 10.8 Å². The van der Waals surface area contributed by atoms with E-state index in [1.54, 1.807) is 23.0 Å². The zero-order valence-electron chi connectivity index (χ0n) is 10.4. The van der Waals surface area contributed by atoms with Crippen LogP contribution in [0.1, 0.15) is 5.56 Å². The molecular formula is C12H7Cl2N5O2. The Hall–Kier alpha value is -2.25. The first-order chi connectivity index (χ1) is 10.0. The average molecular weight is 324 g/mol. The fourth-order valence-electron chi connectivity index (χ4n) is 1.97. The Kier molecular flexibility index (Phi) is 3.44. The van der Waals surface area contributed by atoms with Gasteiger partial charge < -0.3 is 4.57 Å². The van der Waals surface area contributed by atoms with Crippen molar-refractivity contribution in [2.24, 2.45) is 0 Å². The van der Waals surface area contributed by atoms with Gasteiger partial charge >= 0.3 is 0 Å². The number of imidazole rings is 1. The third-order valence-electron chi connectivity index (χ3n) is 2.87. The van der Waals surface area contributed by atoms with Gasteiger partial charge in [0.25, 0.3) is 5.69 Å². The van der Waals surface area contributed by atoms with Gasteiger partial charge in [0.2, 0.25) is 5.28 Å². The number of nitro benzene ring substituents is 1. The lowest BCUT2D eigenvalue weighted by Crippen LogP contribution is -2.00. The minimum atomic E-state index is -0.439. The van der Waals surface area contributed by atoms with Gasteiger partial charge in [-0.2, -0.15) is 4.98 Å². The van der Waals surface area contributed by atoms with Crippen molar-refractivity contribution in [1.82, 2.24) is 19.5 Å². The second-order valence-electron chi connectivity index (χ2n) is 4.26. The molecule has 0 spiro atoms. The third-order valence-corrected chi connectivity index (χ3v) is 3.30. The number of nitro groups is 1. The lowest BCUT2D eigenvalue weighted by Gasteiger charge is -2.04. The maximum Gasteiger partial charge on any atom is 0.269 e. The number of nitrogens with zero attached hydrogens (tertiary/aromatic N) is 5. The van der Waals surface area contributed by atoms with Gasteiger partial charge in [-0.25, -0.2) is 9.97 Å². The van der Waals surface area contributed by atoms with E-state index < -0.39 is 4.92 Å². The van der Waals surface area contributed by atoms with Crippen molar-refractivity contribution in [2.75, 3.05) is 0 Å². The molecule has 3 rings (SSSR count). The van der Waals surface area contributed by atoms with Gasteiger partial charge in [-0.3, -0.25) is 10.1 Å². The zero-order chi connectivity index (χ0) is 15.0. The molecule has 21 heavy (non-hydrogen) atoms. The van der Waals surface area contributed by atoms with E-state index in [0.717, 1.165) is 5.56 Å². The highest BCUT2D eigenvalue weighted by Crippen LogP contribution is 2.22. The highest BCUT2D eigenvalue weighted by atomic mass is 35.5. The lowest BCUT2D eigenvalue weighted by molar-refractivity contribution is -0.384. The number of hydrogen-bond acceptors (Lipinski definition) is 5. The molecule has 0 aliphatic carbocycles. The number of halogens is 2. The van der Waals surface area contributed by atoms with Gasteiger partial charge in [0.1, 0.15) is 5.52 Å². The molecule has 3 aromatic rings. The molecule has 0 amide bonds. The van der Waals surface area contributed by atoms with Crippen LogP contribution in [0.3, 0.4) is 0 Å².